The second kappa shape index (κ2) is 4.06. The second-order valence-electron chi connectivity index (χ2n) is 3.03. The van der Waals surface area contributed by atoms with Crippen LogP contribution in [-0.4, -0.2) is 10.4 Å². The molecule has 0 aliphatic heterocycles. The van der Waals surface area contributed by atoms with Crippen LogP contribution in [0.25, 0.3) is 0 Å². The molecule has 0 aliphatic rings. The lowest BCUT2D eigenvalue weighted by Gasteiger charge is -2.11. The zero-order valence-electron chi connectivity index (χ0n) is 7.34. The van der Waals surface area contributed by atoms with Crippen LogP contribution in [0, 0.1) is 13.8 Å². The van der Waals surface area contributed by atoms with E-state index in [-0.39, 0.29) is 6.10 Å². The van der Waals surface area contributed by atoms with Crippen molar-refractivity contribution in [1.29, 1.82) is 0 Å². The Bertz CT molecular complexity index is 271. The van der Waals surface area contributed by atoms with Crippen molar-refractivity contribution in [2.75, 3.05) is 5.33 Å². The third-order valence-corrected chi connectivity index (χ3v) is 2.55. The highest BCUT2D eigenvalue weighted by atomic mass is 79.9. The first-order valence-electron chi connectivity index (χ1n) is 3.96. The first kappa shape index (κ1) is 9.75. The Hall–Kier alpha value is -0.340. The molecule has 0 saturated heterocycles. The number of aliphatic hydroxyl groups is 1. The minimum atomic E-state index is -0.384. The average molecular weight is 229 g/mol. The minimum absolute atomic E-state index is 0.384. The third-order valence-electron chi connectivity index (χ3n) is 1.94. The van der Waals surface area contributed by atoms with Crippen molar-refractivity contribution in [2.24, 2.45) is 0 Å². The maximum atomic E-state index is 9.59. The summed E-state index contributed by atoms with van der Waals surface area (Å²) in [6.45, 7) is 4.05. The van der Waals surface area contributed by atoms with Gasteiger partial charge in [-0.3, -0.25) is 0 Å². The molecular formula is C10H13BrO. The Balaban J connectivity index is 3.04. The van der Waals surface area contributed by atoms with Crippen molar-refractivity contribution in [3.8, 4) is 0 Å². The van der Waals surface area contributed by atoms with Crippen LogP contribution in [0.15, 0.2) is 18.2 Å². The number of alkyl halides is 1. The summed E-state index contributed by atoms with van der Waals surface area (Å²) in [5.41, 5.74) is 3.36. The average Bonchev–Trinajstić information content (AvgIpc) is 2.08. The molecule has 1 N–H and O–H groups in total. The van der Waals surface area contributed by atoms with Crippen molar-refractivity contribution >= 4 is 15.9 Å². The van der Waals surface area contributed by atoms with Crippen molar-refractivity contribution in [3.63, 3.8) is 0 Å². The smallest absolute Gasteiger partial charge is 0.0889 e. The molecule has 0 fully saturated rings. The lowest BCUT2D eigenvalue weighted by molar-refractivity contribution is 0.204. The van der Waals surface area contributed by atoms with E-state index in [1.807, 2.05) is 26.0 Å². The molecule has 0 heterocycles. The van der Waals surface area contributed by atoms with Crippen molar-refractivity contribution < 1.29 is 5.11 Å². The molecular weight excluding hydrogens is 216 g/mol. The predicted octanol–water partition coefficient (Wildman–Crippen LogP) is 2.73. The molecule has 0 amide bonds. The van der Waals surface area contributed by atoms with Crippen LogP contribution in [0.1, 0.15) is 22.8 Å². The van der Waals surface area contributed by atoms with Gasteiger partial charge in [0.2, 0.25) is 0 Å². The summed E-state index contributed by atoms with van der Waals surface area (Å²) < 4.78 is 0. The van der Waals surface area contributed by atoms with Gasteiger partial charge in [0.05, 0.1) is 6.10 Å². The van der Waals surface area contributed by atoms with E-state index >= 15 is 0 Å². The number of aryl methyl sites for hydroxylation is 2. The lowest BCUT2D eigenvalue weighted by Crippen LogP contribution is -2.01. The highest BCUT2D eigenvalue weighted by Gasteiger charge is 2.07. The molecule has 1 nitrogen and oxygen atoms in total. The molecule has 1 atom stereocenters. The van der Waals surface area contributed by atoms with Gasteiger partial charge in [-0.1, -0.05) is 39.7 Å². The highest BCUT2D eigenvalue weighted by Crippen LogP contribution is 2.20. The summed E-state index contributed by atoms with van der Waals surface area (Å²) in [4.78, 5) is 0. The van der Waals surface area contributed by atoms with Gasteiger partial charge in [0.1, 0.15) is 0 Å². The Labute approximate surface area is 81.6 Å². The van der Waals surface area contributed by atoms with E-state index < -0.39 is 0 Å². The molecule has 0 radical (unpaired) electrons. The fourth-order valence-electron chi connectivity index (χ4n) is 1.20. The molecule has 0 spiro atoms. The topological polar surface area (TPSA) is 20.2 Å². The first-order valence-corrected chi connectivity index (χ1v) is 5.08. The first-order chi connectivity index (χ1) is 5.65. The van der Waals surface area contributed by atoms with Crippen LogP contribution < -0.4 is 0 Å². The van der Waals surface area contributed by atoms with E-state index in [0.717, 1.165) is 11.1 Å². The molecule has 0 unspecified atom stereocenters. The predicted molar refractivity (Wildman–Crippen MR) is 54.7 cm³/mol. The Kier molecular flexibility index (Phi) is 3.29. The van der Waals surface area contributed by atoms with Gasteiger partial charge < -0.3 is 5.11 Å². The molecule has 1 aromatic carbocycles. The van der Waals surface area contributed by atoms with Crippen LogP contribution in [0.3, 0.4) is 0 Å². The monoisotopic (exact) mass is 228 g/mol. The SMILES string of the molecule is Cc1ccc(C)c([C@@H](O)CBr)c1. The minimum Gasteiger partial charge on any atom is -0.388 e. The van der Waals surface area contributed by atoms with Gasteiger partial charge in [-0.05, 0) is 25.0 Å². The van der Waals surface area contributed by atoms with Crippen molar-refractivity contribution in [3.05, 3.63) is 34.9 Å². The molecule has 1 rings (SSSR count). The van der Waals surface area contributed by atoms with E-state index in [1.165, 1.54) is 5.56 Å². The van der Waals surface area contributed by atoms with Gasteiger partial charge >= 0.3 is 0 Å². The van der Waals surface area contributed by atoms with E-state index in [1.54, 1.807) is 0 Å². The van der Waals surface area contributed by atoms with Crippen LogP contribution in [0.5, 0.6) is 0 Å². The largest absolute Gasteiger partial charge is 0.388 e. The zero-order chi connectivity index (χ0) is 9.14. The normalized spacial score (nSPS) is 13.0. The number of hydrogen-bond acceptors (Lipinski definition) is 1. The third kappa shape index (κ3) is 2.08. The molecule has 0 saturated carbocycles. The van der Waals surface area contributed by atoms with Crippen LogP contribution in [0.4, 0.5) is 0 Å². The Morgan fingerprint density at radius 2 is 2.08 bits per heavy atom. The number of rotatable bonds is 2. The summed E-state index contributed by atoms with van der Waals surface area (Å²) in [7, 11) is 0. The molecule has 0 aliphatic carbocycles. The van der Waals surface area contributed by atoms with Gasteiger partial charge in [-0.15, -0.1) is 0 Å². The summed E-state index contributed by atoms with van der Waals surface area (Å²) in [6, 6.07) is 6.12. The summed E-state index contributed by atoms with van der Waals surface area (Å²) in [5.74, 6) is 0. The zero-order valence-corrected chi connectivity index (χ0v) is 8.93. The molecule has 0 bridgehead atoms. The lowest BCUT2D eigenvalue weighted by atomic mass is 10.0. The quantitative estimate of drug-likeness (QED) is 0.773. The molecule has 2 heteroatoms. The summed E-state index contributed by atoms with van der Waals surface area (Å²) >= 11 is 3.26. The Morgan fingerprint density at radius 3 is 2.67 bits per heavy atom. The van der Waals surface area contributed by atoms with Gasteiger partial charge in [-0.25, -0.2) is 0 Å². The van der Waals surface area contributed by atoms with E-state index in [0.29, 0.717) is 5.33 Å². The van der Waals surface area contributed by atoms with Gasteiger partial charge in [0.25, 0.3) is 0 Å². The van der Waals surface area contributed by atoms with Crippen LogP contribution >= 0.6 is 15.9 Å². The van der Waals surface area contributed by atoms with Gasteiger partial charge in [0, 0.05) is 5.33 Å². The molecule has 12 heavy (non-hydrogen) atoms. The van der Waals surface area contributed by atoms with E-state index in [9.17, 15) is 5.11 Å². The van der Waals surface area contributed by atoms with E-state index in [4.69, 9.17) is 0 Å². The van der Waals surface area contributed by atoms with E-state index in [2.05, 4.69) is 22.0 Å². The standard InChI is InChI=1S/C10H13BrO/c1-7-3-4-8(2)9(5-7)10(12)6-11/h3-5,10,12H,6H2,1-2H3/t10-/m0/s1. The van der Waals surface area contributed by atoms with Crippen LogP contribution in [-0.2, 0) is 0 Å². The highest BCUT2D eigenvalue weighted by molar-refractivity contribution is 9.09. The Morgan fingerprint density at radius 1 is 1.42 bits per heavy atom. The number of halogens is 1. The van der Waals surface area contributed by atoms with Crippen LogP contribution in [0.2, 0.25) is 0 Å². The maximum Gasteiger partial charge on any atom is 0.0889 e. The maximum absolute atomic E-state index is 9.59. The van der Waals surface area contributed by atoms with Crippen molar-refractivity contribution in [2.45, 2.75) is 20.0 Å². The molecule has 0 aromatic heterocycles. The number of hydrogen-bond donors (Lipinski definition) is 1. The van der Waals surface area contributed by atoms with Crippen molar-refractivity contribution in [1.82, 2.24) is 0 Å². The fourth-order valence-corrected chi connectivity index (χ4v) is 1.55. The summed E-state index contributed by atoms with van der Waals surface area (Å²) in [6.07, 6.45) is -0.384. The number of benzene rings is 1. The molecule has 1 aromatic rings. The number of aliphatic hydroxyl groups excluding tert-OH is 1. The van der Waals surface area contributed by atoms with Gasteiger partial charge in [0.15, 0.2) is 0 Å². The molecule has 66 valence electrons. The summed E-state index contributed by atoms with van der Waals surface area (Å²) in [5, 5.41) is 10.2. The second-order valence-corrected chi connectivity index (χ2v) is 3.68. The fraction of sp³-hybridized carbons (Fsp3) is 0.400. The van der Waals surface area contributed by atoms with Gasteiger partial charge in [-0.2, -0.15) is 0 Å².